The van der Waals surface area contributed by atoms with Gasteiger partial charge in [0.05, 0.1) is 50.3 Å². The highest BCUT2D eigenvalue weighted by Crippen LogP contribution is 2.11. The van der Waals surface area contributed by atoms with Crippen LogP contribution in [0.2, 0.25) is 0 Å². The molecule has 0 amide bonds. The lowest BCUT2D eigenvalue weighted by Gasteiger charge is -2.28. The number of halogens is 1. The molecule has 1 aromatic heterocycles. The van der Waals surface area contributed by atoms with Gasteiger partial charge < -0.3 is 26.4 Å². The molecule has 1 atom stereocenters. The van der Waals surface area contributed by atoms with E-state index in [-0.39, 0.29) is 37.8 Å². The maximum Gasteiger partial charge on any atom is 0.310 e. The Morgan fingerprint density at radius 1 is 1.00 bits per heavy atom. The van der Waals surface area contributed by atoms with Gasteiger partial charge in [-0.05, 0) is 20.8 Å². The zero-order valence-corrected chi connectivity index (χ0v) is 17.5. The molecular weight excluding hydrogens is 358 g/mol. The zero-order chi connectivity index (χ0) is 19.2. The van der Waals surface area contributed by atoms with Crippen molar-refractivity contribution in [2.24, 2.45) is 0 Å². The summed E-state index contributed by atoms with van der Waals surface area (Å²) in [6.07, 6.45) is -0.203. The number of nitrogens with zero attached hydrogens (tertiary/aromatic N) is 3. The first-order chi connectivity index (χ1) is 11.5. The summed E-state index contributed by atoms with van der Waals surface area (Å²) < 4.78 is 11.3. The van der Waals surface area contributed by atoms with Gasteiger partial charge in [-0.3, -0.25) is 19.6 Å². The average molecular weight is 388 g/mol. The molecule has 0 saturated heterocycles. The van der Waals surface area contributed by atoms with Crippen molar-refractivity contribution in [2.45, 2.75) is 53.2 Å². The van der Waals surface area contributed by atoms with E-state index >= 15 is 0 Å². The summed E-state index contributed by atoms with van der Waals surface area (Å²) in [7, 11) is 5.93. The minimum Gasteiger partial charge on any atom is -1.00 e. The molecule has 1 unspecified atom stereocenters. The number of aromatic nitrogens is 2. The predicted molar refractivity (Wildman–Crippen MR) is 93.7 cm³/mol. The molecule has 26 heavy (non-hydrogen) atoms. The van der Waals surface area contributed by atoms with Gasteiger partial charge in [0, 0.05) is 6.42 Å². The fourth-order valence-corrected chi connectivity index (χ4v) is 2.32. The molecule has 1 aromatic rings. The molecule has 1 heterocycles. The van der Waals surface area contributed by atoms with Crippen LogP contribution in [0.15, 0.2) is 0 Å². The van der Waals surface area contributed by atoms with Gasteiger partial charge in [-0.15, -0.1) is 0 Å². The molecule has 0 aliphatic heterocycles. The predicted octanol–water partition coefficient (Wildman–Crippen LogP) is -1.13. The van der Waals surface area contributed by atoms with E-state index in [1.807, 2.05) is 41.9 Å². The number of likely N-dealkylation sites (N-methyl/N-ethyl adjacent to an activating group) is 1. The largest absolute Gasteiger partial charge is 1.00 e. The van der Waals surface area contributed by atoms with Crippen LogP contribution in [0.5, 0.6) is 0 Å². The second-order valence-electron chi connectivity index (χ2n) is 7.23. The molecule has 0 radical (unpaired) electrons. The molecule has 0 aliphatic carbocycles. The number of carbonyl (C=O) groups excluding carboxylic acids is 2. The third-order valence-electron chi connectivity index (χ3n) is 3.68. The van der Waals surface area contributed by atoms with E-state index in [1.165, 1.54) is 0 Å². The van der Waals surface area contributed by atoms with Crippen LogP contribution >= 0.6 is 0 Å². The Morgan fingerprint density at radius 3 is 2.12 bits per heavy atom. The highest BCUT2D eigenvalue weighted by atomic mass is 35.5. The van der Waals surface area contributed by atoms with Crippen LogP contribution in [-0.4, -0.2) is 60.2 Å². The van der Waals surface area contributed by atoms with E-state index in [0.717, 1.165) is 17.1 Å². The molecule has 0 spiro atoms. The fourth-order valence-electron chi connectivity index (χ4n) is 2.32. The van der Waals surface area contributed by atoms with Gasteiger partial charge >= 0.3 is 11.9 Å². The molecule has 0 fully saturated rings. The minimum absolute atomic E-state index is 0. The summed E-state index contributed by atoms with van der Waals surface area (Å²) in [5, 5.41) is 0. The average Bonchev–Trinajstić information content (AvgIpc) is 2.47. The summed E-state index contributed by atoms with van der Waals surface area (Å²) in [5.74, 6) is -0.732. The van der Waals surface area contributed by atoms with E-state index in [1.54, 1.807) is 6.92 Å². The van der Waals surface area contributed by atoms with Crippen molar-refractivity contribution in [3.63, 3.8) is 0 Å². The minimum atomic E-state index is -0.508. The Labute approximate surface area is 162 Å². The number of carbonyl (C=O) groups is 2. The molecule has 0 aromatic carbocycles. The number of quaternary nitrogens is 1. The first-order valence-electron chi connectivity index (χ1n) is 8.48. The first-order valence-corrected chi connectivity index (χ1v) is 8.48. The van der Waals surface area contributed by atoms with Gasteiger partial charge in [-0.1, -0.05) is 6.92 Å². The lowest BCUT2D eigenvalue weighted by molar-refractivity contribution is -0.873. The molecule has 0 N–H and O–H groups in total. The Balaban J connectivity index is 0.00000625. The van der Waals surface area contributed by atoms with E-state index < -0.39 is 12.1 Å². The lowest BCUT2D eigenvalue weighted by atomic mass is 10.2. The molecule has 1 rings (SSSR count). The zero-order valence-electron chi connectivity index (χ0n) is 16.8. The van der Waals surface area contributed by atoms with Crippen LogP contribution in [0.1, 0.15) is 42.5 Å². The molecule has 8 heteroatoms. The number of hydrogen-bond donors (Lipinski definition) is 0. The van der Waals surface area contributed by atoms with Crippen LogP contribution in [-0.2, 0) is 25.7 Å². The number of aryl methyl sites for hydroxylation is 3. The topological polar surface area (TPSA) is 78.4 Å². The fraction of sp³-hybridized carbons (Fsp3) is 0.667. The number of rotatable bonds is 8. The van der Waals surface area contributed by atoms with Gasteiger partial charge in [0.25, 0.3) is 0 Å². The van der Waals surface area contributed by atoms with Crippen molar-refractivity contribution in [1.29, 1.82) is 0 Å². The molecule has 0 bridgehead atoms. The van der Waals surface area contributed by atoms with E-state index in [0.29, 0.717) is 16.7 Å². The smallest absolute Gasteiger partial charge is 0.310 e. The van der Waals surface area contributed by atoms with Crippen LogP contribution in [0.3, 0.4) is 0 Å². The number of hydrogen-bond acceptors (Lipinski definition) is 6. The van der Waals surface area contributed by atoms with Gasteiger partial charge in [-0.2, -0.15) is 0 Å². The van der Waals surface area contributed by atoms with Crippen molar-refractivity contribution in [3.8, 4) is 0 Å². The third-order valence-corrected chi connectivity index (χ3v) is 3.68. The van der Waals surface area contributed by atoms with E-state index in [9.17, 15) is 9.59 Å². The van der Waals surface area contributed by atoms with Crippen molar-refractivity contribution >= 4 is 11.9 Å². The van der Waals surface area contributed by atoms with E-state index in [4.69, 9.17) is 9.47 Å². The van der Waals surface area contributed by atoms with Crippen molar-refractivity contribution in [2.75, 3.05) is 27.7 Å². The Hall–Kier alpha value is -1.73. The summed E-state index contributed by atoms with van der Waals surface area (Å²) in [4.78, 5) is 32.6. The van der Waals surface area contributed by atoms with Gasteiger partial charge in [0.1, 0.15) is 13.2 Å². The summed E-state index contributed by atoms with van der Waals surface area (Å²) in [6.45, 7) is 7.92. The Bertz CT molecular complexity index is 630. The Kier molecular flexibility index (Phi) is 9.73. The molecule has 7 nitrogen and oxygen atoms in total. The number of esters is 2. The van der Waals surface area contributed by atoms with Crippen LogP contribution < -0.4 is 12.4 Å². The van der Waals surface area contributed by atoms with Crippen LogP contribution in [0.25, 0.3) is 0 Å². The standard InChI is InChI=1S/C18H30N3O4.ClH/c1-8-17(22)25-15(10-21(5,6)7)9-18(23)24-11-16-14(4)19-12(2)13(3)20-16;/h15H,8-11H2,1-7H3;1H/q+1;/p-1. The first kappa shape index (κ1) is 24.3. The monoisotopic (exact) mass is 387 g/mol. The molecule has 0 saturated carbocycles. The summed E-state index contributed by atoms with van der Waals surface area (Å²) in [6, 6.07) is 0. The second kappa shape index (κ2) is 10.4. The second-order valence-corrected chi connectivity index (χ2v) is 7.23. The highest BCUT2D eigenvalue weighted by Gasteiger charge is 2.25. The molecule has 148 valence electrons. The Morgan fingerprint density at radius 2 is 1.58 bits per heavy atom. The lowest BCUT2D eigenvalue weighted by Crippen LogP contribution is -3.00. The normalized spacial score (nSPS) is 12.1. The van der Waals surface area contributed by atoms with Crippen molar-refractivity contribution in [1.82, 2.24) is 9.97 Å². The number of ether oxygens (including phenoxy) is 2. The maximum absolute atomic E-state index is 12.2. The van der Waals surface area contributed by atoms with Crippen molar-refractivity contribution in [3.05, 3.63) is 22.8 Å². The summed E-state index contributed by atoms with van der Waals surface area (Å²) in [5.41, 5.74) is 3.07. The van der Waals surface area contributed by atoms with Crippen molar-refractivity contribution < 1.29 is 36.0 Å². The van der Waals surface area contributed by atoms with Crippen LogP contribution in [0, 0.1) is 20.8 Å². The van der Waals surface area contributed by atoms with Gasteiger partial charge in [0.2, 0.25) is 0 Å². The quantitative estimate of drug-likeness (QED) is 0.415. The molecule has 0 aliphatic rings. The third kappa shape index (κ3) is 8.58. The summed E-state index contributed by atoms with van der Waals surface area (Å²) >= 11 is 0. The highest BCUT2D eigenvalue weighted by molar-refractivity contribution is 5.72. The van der Waals surface area contributed by atoms with Gasteiger partial charge in [0.15, 0.2) is 6.10 Å². The SMILES string of the molecule is CCC(=O)OC(CC(=O)OCc1nc(C)c(C)nc1C)C[N+](C)(C)C.[Cl-]. The molecular formula is C18H30ClN3O4. The van der Waals surface area contributed by atoms with Gasteiger partial charge in [-0.25, -0.2) is 0 Å². The van der Waals surface area contributed by atoms with E-state index in [2.05, 4.69) is 9.97 Å². The van der Waals surface area contributed by atoms with Crippen LogP contribution in [0.4, 0.5) is 0 Å². The maximum atomic E-state index is 12.2.